The summed E-state index contributed by atoms with van der Waals surface area (Å²) in [5, 5.41) is 1.60. The van der Waals surface area contributed by atoms with Crippen LogP contribution in [-0.2, 0) is 25.4 Å². The molecule has 0 N–H and O–H groups in total. The Labute approximate surface area is 115 Å². The van der Waals surface area contributed by atoms with Crippen LogP contribution in [0, 0.1) is 0 Å². The number of aromatic nitrogens is 1. The molecule has 0 aliphatic carbocycles. The van der Waals surface area contributed by atoms with Crippen LogP contribution in [0.4, 0.5) is 0 Å². The molecule has 1 aromatic carbocycles. The summed E-state index contributed by atoms with van der Waals surface area (Å²) in [4.78, 5) is 3.94. The van der Waals surface area contributed by atoms with Crippen molar-refractivity contribution in [1.82, 2.24) is 4.98 Å². The van der Waals surface area contributed by atoms with Gasteiger partial charge >= 0.3 is 0 Å². The van der Waals surface area contributed by atoms with Gasteiger partial charge in [0.05, 0.1) is 10.6 Å². The summed E-state index contributed by atoms with van der Waals surface area (Å²) >= 11 is 1.06. The first-order valence-corrected chi connectivity index (χ1v) is 9.63. The Kier molecular flexibility index (Phi) is 3.75. The lowest BCUT2D eigenvalue weighted by atomic mass is 10.2. The van der Waals surface area contributed by atoms with Gasteiger partial charge in [-0.25, -0.2) is 21.8 Å². The number of nitrogens with zero attached hydrogens (tertiary/aromatic N) is 1. The van der Waals surface area contributed by atoms with E-state index in [4.69, 9.17) is 0 Å². The summed E-state index contributed by atoms with van der Waals surface area (Å²) in [7, 11) is -6.73. The summed E-state index contributed by atoms with van der Waals surface area (Å²) in [6.45, 7) is 0. The normalized spacial score (nSPS) is 12.5. The molecular weight excluding hydrogens is 306 g/mol. The Morgan fingerprint density at radius 1 is 1.11 bits per heavy atom. The van der Waals surface area contributed by atoms with E-state index in [0.29, 0.717) is 5.56 Å². The first kappa shape index (κ1) is 14.2. The molecule has 0 bridgehead atoms. The second-order valence-corrected chi connectivity index (χ2v) is 9.05. The molecule has 0 spiro atoms. The highest BCUT2D eigenvalue weighted by molar-refractivity contribution is 7.92. The van der Waals surface area contributed by atoms with Crippen LogP contribution < -0.4 is 0 Å². The SMILES string of the molecule is CS(=O)(=O)c1ccc(CS(=O)(=O)c2nccs2)cc1. The highest BCUT2D eigenvalue weighted by Gasteiger charge is 2.18. The fourth-order valence-corrected chi connectivity index (χ4v) is 4.37. The van der Waals surface area contributed by atoms with Crippen LogP contribution in [0.25, 0.3) is 0 Å². The summed E-state index contributed by atoms with van der Waals surface area (Å²) in [5.41, 5.74) is 0.530. The van der Waals surface area contributed by atoms with Crippen LogP contribution in [0.2, 0.25) is 0 Å². The molecule has 0 atom stereocenters. The summed E-state index contributed by atoms with van der Waals surface area (Å²) in [6.07, 6.45) is 2.54. The molecule has 8 heteroatoms. The highest BCUT2D eigenvalue weighted by atomic mass is 32.2. The van der Waals surface area contributed by atoms with Crippen molar-refractivity contribution in [3.8, 4) is 0 Å². The maximum atomic E-state index is 12.0. The summed E-state index contributed by atoms with van der Waals surface area (Å²) in [6, 6.07) is 5.81. The topological polar surface area (TPSA) is 81.2 Å². The van der Waals surface area contributed by atoms with Crippen LogP contribution in [0.1, 0.15) is 5.56 Å². The van der Waals surface area contributed by atoms with E-state index >= 15 is 0 Å². The zero-order valence-corrected chi connectivity index (χ0v) is 12.4. The molecular formula is C11H11NO4S3. The van der Waals surface area contributed by atoms with Gasteiger partial charge in [-0.3, -0.25) is 0 Å². The third-order valence-electron chi connectivity index (χ3n) is 2.38. The van der Waals surface area contributed by atoms with Gasteiger partial charge in [-0.2, -0.15) is 0 Å². The molecule has 0 radical (unpaired) electrons. The number of sulfone groups is 2. The molecule has 1 heterocycles. The second kappa shape index (κ2) is 5.03. The predicted octanol–water partition coefficient (Wildman–Crippen LogP) is 1.52. The van der Waals surface area contributed by atoms with E-state index in [1.807, 2.05) is 0 Å². The van der Waals surface area contributed by atoms with E-state index < -0.39 is 19.7 Å². The number of thiazole rings is 1. The minimum Gasteiger partial charge on any atom is -0.234 e. The van der Waals surface area contributed by atoms with E-state index in [1.54, 1.807) is 5.38 Å². The zero-order valence-electron chi connectivity index (χ0n) is 9.98. The molecule has 2 aromatic rings. The average Bonchev–Trinajstić information content (AvgIpc) is 2.82. The zero-order chi connectivity index (χ0) is 14.1. The van der Waals surface area contributed by atoms with Crippen molar-refractivity contribution in [3.63, 3.8) is 0 Å². The largest absolute Gasteiger partial charge is 0.234 e. The van der Waals surface area contributed by atoms with Gasteiger partial charge in [-0.05, 0) is 17.7 Å². The predicted molar refractivity (Wildman–Crippen MR) is 72.6 cm³/mol. The molecule has 19 heavy (non-hydrogen) atoms. The number of rotatable bonds is 4. The standard InChI is InChI=1S/C11H11NO4S3/c1-18(13,14)10-4-2-9(3-5-10)8-19(15,16)11-12-6-7-17-11/h2-7H,8H2,1H3. The van der Waals surface area contributed by atoms with Crippen LogP contribution in [0.3, 0.4) is 0 Å². The molecule has 5 nitrogen and oxygen atoms in total. The molecule has 0 amide bonds. The fraction of sp³-hybridized carbons (Fsp3) is 0.182. The lowest BCUT2D eigenvalue weighted by molar-refractivity contribution is 0.594. The average molecular weight is 317 g/mol. The van der Waals surface area contributed by atoms with Crippen LogP contribution in [0.15, 0.2) is 45.1 Å². The van der Waals surface area contributed by atoms with Crippen molar-refractivity contribution < 1.29 is 16.8 Å². The van der Waals surface area contributed by atoms with Gasteiger partial charge < -0.3 is 0 Å². The van der Waals surface area contributed by atoms with Gasteiger partial charge in [0, 0.05) is 17.8 Å². The summed E-state index contributed by atoms with van der Waals surface area (Å²) in [5.74, 6) is -0.190. The minimum atomic E-state index is -3.46. The molecule has 0 unspecified atom stereocenters. The Morgan fingerprint density at radius 3 is 2.21 bits per heavy atom. The van der Waals surface area contributed by atoms with E-state index in [1.165, 1.54) is 30.5 Å². The van der Waals surface area contributed by atoms with Crippen molar-refractivity contribution >= 4 is 31.0 Å². The lowest BCUT2D eigenvalue weighted by Gasteiger charge is -2.03. The molecule has 0 aliphatic rings. The van der Waals surface area contributed by atoms with Gasteiger partial charge in [0.1, 0.15) is 0 Å². The van der Waals surface area contributed by atoms with Crippen LogP contribution in [0.5, 0.6) is 0 Å². The Balaban J connectivity index is 2.26. The van der Waals surface area contributed by atoms with Crippen molar-refractivity contribution in [3.05, 3.63) is 41.4 Å². The first-order chi connectivity index (χ1) is 8.79. The van der Waals surface area contributed by atoms with Gasteiger partial charge in [-0.1, -0.05) is 12.1 Å². The van der Waals surface area contributed by atoms with Gasteiger partial charge in [0.15, 0.2) is 9.84 Å². The Hall–Kier alpha value is -1.25. The maximum absolute atomic E-state index is 12.0. The molecule has 1 aromatic heterocycles. The molecule has 0 fully saturated rings. The van der Waals surface area contributed by atoms with Crippen molar-refractivity contribution in [1.29, 1.82) is 0 Å². The van der Waals surface area contributed by atoms with Gasteiger partial charge in [-0.15, -0.1) is 11.3 Å². The number of benzene rings is 1. The molecule has 0 saturated heterocycles. The van der Waals surface area contributed by atoms with E-state index in [0.717, 1.165) is 17.6 Å². The number of hydrogen-bond acceptors (Lipinski definition) is 6. The second-order valence-electron chi connectivity index (χ2n) is 3.97. The van der Waals surface area contributed by atoms with E-state index in [9.17, 15) is 16.8 Å². The van der Waals surface area contributed by atoms with E-state index in [2.05, 4.69) is 4.98 Å². The minimum absolute atomic E-state index is 0.0692. The third kappa shape index (κ3) is 3.40. The van der Waals surface area contributed by atoms with E-state index in [-0.39, 0.29) is 15.0 Å². The van der Waals surface area contributed by atoms with Crippen molar-refractivity contribution in [2.75, 3.05) is 6.26 Å². The fourth-order valence-electron chi connectivity index (χ4n) is 1.48. The molecule has 0 saturated carbocycles. The molecule has 102 valence electrons. The van der Waals surface area contributed by atoms with Crippen molar-refractivity contribution in [2.24, 2.45) is 0 Å². The highest BCUT2D eigenvalue weighted by Crippen LogP contribution is 2.19. The van der Waals surface area contributed by atoms with Crippen LogP contribution in [-0.4, -0.2) is 28.1 Å². The maximum Gasteiger partial charge on any atom is 0.209 e. The Morgan fingerprint density at radius 2 is 1.74 bits per heavy atom. The Bertz CT molecular complexity index is 760. The quantitative estimate of drug-likeness (QED) is 0.854. The molecule has 0 aliphatic heterocycles. The van der Waals surface area contributed by atoms with Crippen molar-refractivity contribution in [2.45, 2.75) is 15.0 Å². The van der Waals surface area contributed by atoms with Gasteiger partial charge in [0.2, 0.25) is 14.2 Å². The monoisotopic (exact) mass is 317 g/mol. The van der Waals surface area contributed by atoms with Gasteiger partial charge in [0.25, 0.3) is 0 Å². The van der Waals surface area contributed by atoms with Crippen LogP contribution >= 0.6 is 11.3 Å². The molecule has 2 rings (SSSR count). The number of hydrogen-bond donors (Lipinski definition) is 0. The first-order valence-electron chi connectivity index (χ1n) is 5.20. The lowest BCUT2D eigenvalue weighted by Crippen LogP contribution is -2.05. The smallest absolute Gasteiger partial charge is 0.209 e. The third-order valence-corrected chi connectivity index (χ3v) is 6.48. The summed E-state index contributed by atoms with van der Waals surface area (Å²) < 4.78 is 46.6.